The maximum atomic E-state index is 12.4. The van der Waals surface area contributed by atoms with Gasteiger partial charge in [0.15, 0.2) is 0 Å². The third-order valence-electron chi connectivity index (χ3n) is 4.14. The van der Waals surface area contributed by atoms with Gasteiger partial charge in [-0.1, -0.05) is 48.5 Å². The molecule has 0 spiro atoms. The van der Waals surface area contributed by atoms with Crippen LogP contribution in [-0.2, 0) is 6.54 Å². The monoisotopic (exact) mass is 305 g/mol. The zero-order valence-electron chi connectivity index (χ0n) is 12.6. The number of ether oxygens (including phenoxy) is 1. The summed E-state index contributed by atoms with van der Waals surface area (Å²) in [4.78, 5) is 0. The van der Waals surface area contributed by atoms with Crippen molar-refractivity contribution in [1.82, 2.24) is 4.57 Å². The van der Waals surface area contributed by atoms with Crippen molar-refractivity contribution in [2.45, 2.75) is 6.54 Å². The van der Waals surface area contributed by atoms with E-state index < -0.39 is 6.86 Å². The zero-order valence-corrected chi connectivity index (χ0v) is 12.6. The van der Waals surface area contributed by atoms with E-state index in [1.165, 1.54) is 21.8 Å². The standard InChI is InChI=1S/C20H16FNO/c21-14-23-16-7-5-6-15(12-16)13-22-19-10-3-1-8-17(19)18-9-2-4-11-20(18)22/h1-12H,13-14H2. The van der Waals surface area contributed by atoms with Gasteiger partial charge in [-0.05, 0) is 29.8 Å². The van der Waals surface area contributed by atoms with E-state index in [0.717, 1.165) is 12.1 Å². The normalized spacial score (nSPS) is 11.2. The second-order valence-electron chi connectivity index (χ2n) is 5.52. The van der Waals surface area contributed by atoms with Gasteiger partial charge in [0.2, 0.25) is 6.86 Å². The van der Waals surface area contributed by atoms with Crippen molar-refractivity contribution in [3.63, 3.8) is 0 Å². The minimum absolute atomic E-state index is 0.561. The Morgan fingerprint density at radius 1 is 0.783 bits per heavy atom. The number of fused-ring (bicyclic) bond motifs is 3. The Bertz CT molecular complexity index is 920. The highest BCUT2D eigenvalue weighted by molar-refractivity contribution is 6.08. The third kappa shape index (κ3) is 2.44. The van der Waals surface area contributed by atoms with Gasteiger partial charge in [0, 0.05) is 28.4 Å². The number of benzene rings is 3. The van der Waals surface area contributed by atoms with Crippen LogP contribution in [-0.4, -0.2) is 11.4 Å². The van der Waals surface area contributed by atoms with E-state index in [1.807, 2.05) is 18.2 Å². The first-order valence-electron chi connectivity index (χ1n) is 7.60. The molecule has 4 rings (SSSR count). The van der Waals surface area contributed by atoms with Gasteiger partial charge in [0.05, 0.1) is 0 Å². The predicted molar refractivity (Wildman–Crippen MR) is 91.6 cm³/mol. The first-order chi connectivity index (χ1) is 11.4. The van der Waals surface area contributed by atoms with Crippen molar-refractivity contribution in [3.8, 4) is 5.75 Å². The molecule has 0 aliphatic rings. The van der Waals surface area contributed by atoms with E-state index in [-0.39, 0.29) is 0 Å². The average molecular weight is 305 g/mol. The quantitative estimate of drug-likeness (QED) is 0.508. The first kappa shape index (κ1) is 13.8. The van der Waals surface area contributed by atoms with Crippen LogP contribution in [0.4, 0.5) is 4.39 Å². The van der Waals surface area contributed by atoms with Gasteiger partial charge in [-0.25, -0.2) is 4.39 Å². The van der Waals surface area contributed by atoms with Crippen LogP contribution < -0.4 is 4.74 Å². The van der Waals surface area contributed by atoms with Crippen LogP contribution >= 0.6 is 0 Å². The summed E-state index contributed by atoms with van der Waals surface area (Å²) in [6.45, 7) is -0.0870. The van der Waals surface area contributed by atoms with Crippen molar-refractivity contribution in [1.29, 1.82) is 0 Å². The van der Waals surface area contributed by atoms with Gasteiger partial charge >= 0.3 is 0 Å². The molecule has 114 valence electrons. The van der Waals surface area contributed by atoms with Crippen molar-refractivity contribution < 1.29 is 9.13 Å². The summed E-state index contributed by atoms with van der Waals surface area (Å²) in [6.07, 6.45) is 0. The van der Waals surface area contributed by atoms with Crippen molar-refractivity contribution >= 4 is 21.8 Å². The Hall–Kier alpha value is -2.81. The minimum Gasteiger partial charge on any atom is -0.463 e. The molecule has 3 heteroatoms. The molecule has 23 heavy (non-hydrogen) atoms. The van der Waals surface area contributed by atoms with Gasteiger partial charge in [-0.15, -0.1) is 0 Å². The molecule has 0 saturated heterocycles. The lowest BCUT2D eigenvalue weighted by atomic mass is 10.2. The third-order valence-corrected chi connectivity index (χ3v) is 4.14. The number of hydrogen-bond acceptors (Lipinski definition) is 1. The SMILES string of the molecule is FCOc1cccc(Cn2c3ccccc3c3ccccc32)c1. The second-order valence-corrected chi connectivity index (χ2v) is 5.52. The van der Waals surface area contributed by atoms with Crippen molar-refractivity contribution in [2.24, 2.45) is 0 Å². The van der Waals surface area contributed by atoms with Gasteiger partial charge in [0.25, 0.3) is 0 Å². The molecule has 0 N–H and O–H groups in total. The highest BCUT2D eigenvalue weighted by Gasteiger charge is 2.10. The molecule has 3 aromatic carbocycles. The number of alkyl halides is 1. The molecule has 2 nitrogen and oxygen atoms in total. The smallest absolute Gasteiger partial charge is 0.228 e. The van der Waals surface area contributed by atoms with Crippen molar-refractivity contribution in [2.75, 3.05) is 6.86 Å². The Kier molecular flexibility index (Phi) is 3.46. The maximum Gasteiger partial charge on any atom is 0.228 e. The number of rotatable bonds is 4. The highest BCUT2D eigenvalue weighted by atomic mass is 19.1. The van der Waals surface area contributed by atoms with Crippen LogP contribution in [0.25, 0.3) is 21.8 Å². The molecule has 4 aromatic rings. The van der Waals surface area contributed by atoms with Gasteiger partial charge in [-0.2, -0.15) is 0 Å². The summed E-state index contributed by atoms with van der Waals surface area (Å²) in [5.74, 6) is 0.561. The summed E-state index contributed by atoms with van der Waals surface area (Å²) < 4.78 is 19.6. The van der Waals surface area contributed by atoms with Gasteiger partial charge < -0.3 is 9.30 Å². The van der Waals surface area contributed by atoms with Gasteiger partial charge in [-0.3, -0.25) is 0 Å². The van der Waals surface area contributed by atoms with Crippen LogP contribution in [0.2, 0.25) is 0 Å². The van der Waals surface area contributed by atoms with Crippen LogP contribution in [0, 0.1) is 0 Å². The van der Waals surface area contributed by atoms with E-state index >= 15 is 0 Å². The summed E-state index contributed by atoms with van der Waals surface area (Å²) in [7, 11) is 0. The van der Waals surface area contributed by atoms with Crippen molar-refractivity contribution in [3.05, 3.63) is 78.4 Å². The molecule has 1 aromatic heterocycles. The average Bonchev–Trinajstić information content (AvgIpc) is 2.90. The highest BCUT2D eigenvalue weighted by Crippen LogP contribution is 2.29. The van der Waals surface area contributed by atoms with E-state index in [2.05, 4.69) is 53.1 Å². The van der Waals surface area contributed by atoms with Crippen LogP contribution in [0.15, 0.2) is 72.8 Å². The lowest BCUT2D eigenvalue weighted by Gasteiger charge is -2.09. The molecular weight excluding hydrogens is 289 g/mol. The molecule has 0 radical (unpaired) electrons. The minimum atomic E-state index is -0.807. The number of nitrogens with zero attached hydrogens (tertiary/aromatic N) is 1. The Morgan fingerprint density at radius 3 is 2.09 bits per heavy atom. The second kappa shape index (κ2) is 5.76. The number of para-hydroxylation sites is 2. The molecule has 0 saturated carbocycles. The zero-order chi connectivity index (χ0) is 15.6. The topological polar surface area (TPSA) is 14.2 Å². The maximum absolute atomic E-state index is 12.4. The Balaban J connectivity index is 1.86. The van der Waals surface area contributed by atoms with E-state index in [0.29, 0.717) is 5.75 Å². The lowest BCUT2D eigenvalue weighted by Crippen LogP contribution is -2.00. The number of aromatic nitrogens is 1. The molecule has 0 aliphatic heterocycles. The van der Waals surface area contributed by atoms with E-state index in [4.69, 9.17) is 4.74 Å². The lowest BCUT2D eigenvalue weighted by molar-refractivity contribution is 0.191. The molecule has 1 heterocycles. The number of halogens is 1. The fourth-order valence-corrected chi connectivity index (χ4v) is 3.15. The van der Waals surface area contributed by atoms with Crippen LogP contribution in [0.5, 0.6) is 5.75 Å². The fraction of sp³-hybridized carbons (Fsp3) is 0.100. The molecule has 0 atom stereocenters. The van der Waals surface area contributed by atoms with Gasteiger partial charge in [0.1, 0.15) is 5.75 Å². The molecular formula is C20H16FNO. The summed E-state index contributed by atoms with van der Waals surface area (Å²) >= 11 is 0. The molecule has 0 bridgehead atoms. The van der Waals surface area contributed by atoms with Crippen LogP contribution in [0.3, 0.4) is 0 Å². The molecule has 0 fully saturated rings. The summed E-state index contributed by atoms with van der Waals surface area (Å²) in [5, 5.41) is 2.50. The van der Waals surface area contributed by atoms with Crippen LogP contribution in [0.1, 0.15) is 5.56 Å². The van der Waals surface area contributed by atoms with E-state index in [9.17, 15) is 4.39 Å². The van der Waals surface area contributed by atoms with E-state index in [1.54, 1.807) is 6.07 Å². The molecule has 0 unspecified atom stereocenters. The predicted octanol–water partition coefficient (Wildman–Crippen LogP) is 5.15. The summed E-state index contributed by atoms with van der Waals surface area (Å²) in [6, 6.07) is 24.4. The summed E-state index contributed by atoms with van der Waals surface area (Å²) in [5.41, 5.74) is 3.48. The molecule has 0 amide bonds. The molecule has 0 aliphatic carbocycles. The number of hydrogen-bond donors (Lipinski definition) is 0. The first-order valence-corrected chi connectivity index (χ1v) is 7.60. The Morgan fingerprint density at radius 2 is 1.43 bits per heavy atom. The Labute approximate surface area is 133 Å². The largest absolute Gasteiger partial charge is 0.463 e. The fourth-order valence-electron chi connectivity index (χ4n) is 3.15.